The number of hydrogen-bond acceptors (Lipinski definition) is 4. The van der Waals surface area contributed by atoms with E-state index >= 15 is 0 Å². The predicted molar refractivity (Wildman–Crippen MR) is 137 cm³/mol. The van der Waals surface area contributed by atoms with Crippen LogP contribution in [-0.4, -0.2) is 35.5 Å². The van der Waals surface area contributed by atoms with Crippen molar-refractivity contribution in [2.75, 3.05) is 6.54 Å². The molecule has 0 bridgehead atoms. The van der Waals surface area contributed by atoms with Crippen molar-refractivity contribution in [3.8, 4) is 0 Å². The summed E-state index contributed by atoms with van der Waals surface area (Å²) in [6, 6.07) is 15.1. The SMILES string of the molecule is O=C(/C=C/c1ccc(/C=C(/C(=O)NC2CC2)c2ccccc2Cl)cc1)NCCCCCC(=O)NO. The molecule has 3 amide bonds. The minimum Gasteiger partial charge on any atom is -0.353 e. The van der Waals surface area contributed by atoms with Gasteiger partial charge >= 0.3 is 0 Å². The highest BCUT2D eigenvalue weighted by Gasteiger charge is 2.25. The third kappa shape index (κ3) is 9.03. The normalized spacial score (nSPS) is 13.5. The topological polar surface area (TPSA) is 108 Å². The number of hydroxylamine groups is 1. The number of carbonyl (C=O) groups is 3. The van der Waals surface area contributed by atoms with Gasteiger partial charge < -0.3 is 10.6 Å². The van der Waals surface area contributed by atoms with Crippen LogP contribution in [0, 0.1) is 0 Å². The van der Waals surface area contributed by atoms with E-state index in [0.29, 0.717) is 29.1 Å². The van der Waals surface area contributed by atoms with Crippen molar-refractivity contribution in [1.82, 2.24) is 16.1 Å². The number of carbonyl (C=O) groups excluding carboxylic acids is 3. The van der Waals surface area contributed by atoms with Gasteiger partial charge in [-0.3, -0.25) is 19.6 Å². The van der Waals surface area contributed by atoms with E-state index in [4.69, 9.17) is 16.8 Å². The first-order valence-corrected chi connectivity index (χ1v) is 12.1. The second-order valence-electron chi connectivity index (χ2n) is 8.42. The van der Waals surface area contributed by atoms with E-state index in [0.717, 1.165) is 36.8 Å². The molecule has 1 aliphatic rings. The molecule has 1 saturated carbocycles. The molecule has 0 unspecified atom stereocenters. The number of unbranched alkanes of at least 4 members (excludes halogenated alkanes) is 2. The molecule has 4 N–H and O–H groups in total. The molecular formula is C27H30ClN3O4. The van der Waals surface area contributed by atoms with E-state index in [2.05, 4.69) is 10.6 Å². The van der Waals surface area contributed by atoms with E-state index in [1.165, 1.54) is 6.08 Å². The largest absolute Gasteiger partial charge is 0.353 e. The van der Waals surface area contributed by atoms with Gasteiger partial charge in [-0.05, 0) is 55.0 Å². The van der Waals surface area contributed by atoms with Gasteiger partial charge in [-0.2, -0.15) is 0 Å². The van der Waals surface area contributed by atoms with Gasteiger partial charge in [0.15, 0.2) is 0 Å². The number of rotatable bonds is 12. The van der Waals surface area contributed by atoms with Crippen molar-refractivity contribution in [1.29, 1.82) is 0 Å². The fraction of sp³-hybridized carbons (Fsp3) is 0.296. The van der Waals surface area contributed by atoms with Crippen LogP contribution in [-0.2, 0) is 14.4 Å². The summed E-state index contributed by atoms with van der Waals surface area (Å²) in [5, 5.41) is 14.8. The Morgan fingerprint density at radius 1 is 0.971 bits per heavy atom. The van der Waals surface area contributed by atoms with E-state index < -0.39 is 5.91 Å². The van der Waals surface area contributed by atoms with Gasteiger partial charge in [0, 0.05) is 41.2 Å². The van der Waals surface area contributed by atoms with Gasteiger partial charge in [0.05, 0.1) is 0 Å². The van der Waals surface area contributed by atoms with Gasteiger partial charge in [-0.25, -0.2) is 5.48 Å². The molecular weight excluding hydrogens is 466 g/mol. The Labute approximate surface area is 210 Å². The summed E-state index contributed by atoms with van der Waals surface area (Å²) in [6.07, 6.45) is 9.47. The maximum absolute atomic E-state index is 12.9. The fourth-order valence-corrected chi connectivity index (χ4v) is 3.63. The molecule has 3 rings (SSSR count). The molecule has 35 heavy (non-hydrogen) atoms. The Morgan fingerprint density at radius 2 is 1.69 bits per heavy atom. The molecule has 2 aromatic rings. The second-order valence-corrected chi connectivity index (χ2v) is 8.83. The van der Waals surface area contributed by atoms with Gasteiger partial charge in [0.2, 0.25) is 11.8 Å². The average molecular weight is 496 g/mol. The Morgan fingerprint density at radius 3 is 2.37 bits per heavy atom. The summed E-state index contributed by atoms with van der Waals surface area (Å²) in [5.74, 6) is -0.738. The van der Waals surface area contributed by atoms with E-state index in [1.54, 1.807) is 17.6 Å². The molecule has 184 valence electrons. The van der Waals surface area contributed by atoms with E-state index in [-0.39, 0.29) is 24.3 Å². The fourth-order valence-electron chi connectivity index (χ4n) is 3.39. The standard InChI is InChI=1S/C27H30ClN3O4/c28-24-7-4-3-6-22(24)23(27(34)30-21-14-15-21)18-20-11-9-19(10-12-20)13-16-25(32)29-17-5-1-2-8-26(33)31-35/h3-4,6-7,9-13,16,18,21,35H,1-2,5,8,14-15,17H2,(H,29,32)(H,30,34)(H,31,33)/b16-13+,23-18+. The summed E-state index contributed by atoms with van der Waals surface area (Å²) in [6.45, 7) is 0.515. The van der Waals surface area contributed by atoms with Gasteiger partial charge in [-0.15, -0.1) is 0 Å². The number of halogens is 1. The highest BCUT2D eigenvalue weighted by Crippen LogP contribution is 2.28. The van der Waals surface area contributed by atoms with E-state index in [9.17, 15) is 14.4 Å². The Bertz CT molecular complexity index is 1090. The van der Waals surface area contributed by atoms with Crippen LogP contribution in [0.2, 0.25) is 5.02 Å². The molecule has 0 heterocycles. The van der Waals surface area contributed by atoms with Crippen molar-refractivity contribution < 1.29 is 19.6 Å². The lowest BCUT2D eigenvalue weighted by atomic mass is 10.0. The first-order valence-electron chi connectivity index (χ1n) is 11.7. The second kappa shape index (κ2) is 13.5. The summed E-state index contributed by atoms with van der Waals surface area (Å²) < 4.78 is 0. The molecule has 0 aromatic heterocycles. The van der Waals surface area contributed by atoms with Crippen LogP contribution < -0.4 is 16.1 Å². The molecule has 8 heteroatoms. The minimum atomic E-state index is -0.403. The lowest BCUT2D eigenvalue weighted by Crippen LogP contribution is -2.26. The first kappa shape index (κ1) is 26.2. The van der Waals surface area contributed by atoms with E-state index in [1.807, 2.05) is 48.5 Å². The minimum absolute atomic E-state index is 0.141. The number of benzene rings is 2. The highest BCUT2D eigenvalue weighted by molar-refractivity contribution is 6.36. The summed E-state index contributed by atoms with van der Waals surface area (Å²) in [4.78, 5) is 35.8. The van der Waals surface area contributed by atoms with Gasteiger partial charge in [0.25, 0.3) is 5.91 Å². The monoisotopic (exact) mass is 495 g/mol. The number of amides is 3. The molecule has 1 aliphatic carbocycles. The Kier molecular flexibility index (Phi) is 10.1. The molecule has 0 saturated heterocycles. The van der Waals surface area contributed by atoms with Gasteiger partial charge in [0.1, 0.15) is 0 Å². The quantitative estimate of drug-likeness (QED) is 0.115. The molecule has 2 aromatic carbocycles. The molecule has 7 nitrogen and oxygen atoms in total. The smallest absolute Gasteiger partial charge is 0.252 e. The summed E-state index contributed by atoms with van der Waals surface area (Å²) in [7, 11) is 0. The van der Waals surface area contributed by atoms with Gasteiger partial charge in [-0.1, -0.05) is 60.5 Å². The lowest BCUT2D eigenvalue weighted by molar-refractivity contribution is -0.129. The molecule has 0 spiro atoms. The number of hydrogen-bond donors (Lipinski definition) is 4. The van der Waals surface area contributed by atoms with Crippen LogP contribution in [0.25, 0.3) is 17.7 Å². The maximum Gasteiger partial charge on any atom is 0.252 e. The zero-order chi connectivity index (χ0) is 25.0. The summed E-state index contributed by atoms with van der Waals surface area (Å²) in [5.41, 5.74) is 4.50. The highest BCUT2D eigenvalue weighted by atomic mass is 35.5. The van der Waals surface area contributed by atoms with Crippen molar-refractivity contribution in [2.24, 2.45) is 0 Å². The van der Waals surface area contributed by atoms with Crippen LogP contribution in [0.5, 0.6) is 0 Å². The third-order valence-corrected chi connectivity index (χ3v) is 5.83. The lowest BCUT2D eigenvalue weighted by Gasteiger charge is -2.11. The Hall–Kier alpha value is -3.42. The van der Waals surface area contributed by atoms with Crippen molar-refractivity contribution in [3.63, 3.8) is 0 Å². The first-order chi connectivity index (χ1) is 17.0. The zero-order valence-electron chi connectivity index (χ0n) is 19.4. The van der Waals surface area contributed by atoms with Crippen LogP contribution in [0.15, 0.2) is 54.6 Å². The van der Waals surface area contributed by atoms with Crippen LogP contribution in [0.1, 0.15) is 55.2 Å². The van der Waals surface area contributed by atoms with Crippen molar-refractivity contribution in [2.45, 2.75) is 44.6 Å². The zero-order valence-corrected chi connectivity index (χ0v) is 20.2. The Balaban J connectivity index is 1.56. The van der Waals surface area contributed by atoms with Crippen LogP contribution in [0.3, 0.4) is 0 Å². The van der Waals surface area contributed by atoms with Crippen molar-refractivity contribution >= 4 is 47.0 Å². The average Bonchev–Trinajstić information content (AvgIpc) is 3.68. The third-order valence-electron chi connectivity index (χ3n) is 5.50. The predicted octanol–water partition coefficient (Wildman–Crippen LogP) is 4.35. The molecule has 0 atom stereocenters. The van der Waals surface area contributed by atoms with Crippen LogP contribution in [0.4, 0.5) is 0 Å². The molecule has 0 radical (unpaired) electrons. The van der Waals surface area contributed by atoms with Crippen LogP contribution >= 0.6 is 11.6 Å². The maximum atomic E-state index is 12.9. The molecule has 0 aliphatic heterocycles. The number of nitrogens with one attached hydrogen (secondary N) is 3. The van der Waals surface area contributed by atoms with Crippen molar-refractivity contribution in [3.05, 3.63) is 76.3 Å². The molecule has 1 fully saturated rings. The summed E-state index contributed by atoms with van der Waals surface area (Å²) >= 11 is 6.36.